The van der Waals surface area contributed by atoms with E-state index >= 15 is 0 Å². The van der Waals surface area contributed by atoms with Crippen molar-refractivity contribution in [2.75, 3.05) is 32.7 Å². The monoisotopic (exact) mass is 314 g/mol. The van der Waals surface area contributed by atoms with Gasteiger partial charge in [0.2, 0.25) is 0 Å². The van der Waals surface area contributed by atoms with E-state index in [-0.39, 0.29) is 5.82 Å². The molecule has 1 aromatic rings. The molecule has 1 aromatic carbocycles. The summed E-state index contributed by atoms with van der Waals surface area (Å²) in [6.45, 7) is 7.26. The first-order valence-corrected chi connectivity index (χ1v) is 7.40. The average molecular weight is 315 g/mol. The summed E-state index contributed by atoms with van der Waals surface area (Å²) in [7, 11) is 0. The Morgan fingerprint density at radius 1 is 1.33 bits per heavy atom. The van der Waals surface area contributed by atoms with Gasteiger partial charge in [-0.1, -0.05) is 13.0 Å². The van der Waals surface area contributed by atoms with E-state index in [1.54, 1.807) is 0 Å². The smallest absolute Gasteiger partial charge is 0.140 e. The van der Waals surface area contributed by atoms with Crippen molar-refractivity contribution in [3.05, 3.63) is 33.5 Å². The molecule has 1 saturated heterocycles. The maximum absolute atomic E-state index is 14.0. The van der Waals surface area contributed by atoms with Crippen molar-refractivity contribution in [1.82, 2.24) is 10.2 Å². The minimum absolute atomic E-state index is 0.0951. The van der Waals surface area contributed by atoms with Crippen LogP contribution in [0.25, 0.3) is 0 Å². The van der Waals surface area contributed by atoms with Crippen molar-refractivity contribution in [2.24, 2.45) is 0 Å². The minimum atomic E-state index is -0.0951. The second-order valence-electron chi connectivity index (χ2n) is 4.75. The molecule has 18 heavy (non-hydrogen) atoms. The number of piperazine rings is 1. The number of nitrogens with zero attached hydrogens (tertiary/aromatic N) is 1. The van der Waals surface area contributed by atoms with Gasteiger partial charge >= 0.3 is 0 Å². The maximum atomic E-state index is 14.0. The van der Waals surface area contributed by atoms with Gasteiger partial charge in [-0.3, -0.25) is 0 Å². The Labute approximate surface area is 117 Å². The van der Waals surface area contributed by atoms with Gasteiger partial charge in [0.15, 0.2) is 0 Å². The van der Waals surface area contributed by atoms with E-state index in [1.807, 2.05) is 12.1 Å². The van der Waals surface area contributed by atoms with Gasteiger partial charge < -0.3 is 10.2 Å². The van der Waals surface area contributed by atoms with Crippen molar-refractivity contribution in [2.45, 2.75) is 19.8 Å². The van der Waals surface area contributed by atoms with Crippen LogP contribution in [0.2, 0.25) is 0 Å². The minimum Gasteiger partial charge on any atom is -0.314 e. The van der Waals surface area contributed by atoms with E-state index in [2.05, 4.69) is 33.1 Å². The number of halogens is 2. The second-order valence-corrected chi connectivity index (χ2v) is 5.60. The summed E-state index contributed by atoms with van der Waals surface area (Å²) in [5, 5.41) is 3.33. The molecule has 0 aliphatic carbocycles. The van der Waals surface area contributed by atoms with Gasteiger partial charge in [0.25, 0.3) is 0 Å². The number of rotatable bonds is 4. The van der Waals surface area contributed by atoms with Crippen LogP contribution in [0, 0.1) is 5.82 Å². The molecule has 1 fully saturated rings. The fourth-order valence-corrected chi connectivity index (χ4v) is 2.86. The zero-order chi connectivity index (χ0) is 13.0. The fraction of sp³-hybridized carbons (Fsp3) is 0.571. The Balaban J connectivity index is 2.01. The lowest BCUT2D eigenvalue weighted by Crippen LogP contribution is -2.44. The fourth-order valence-electron chi connectivity index (χ4n) is 2.31. The van der Waals surface area contributed by atoms with Crippen molar-refractivity contribution in [3.63, 3.8) is 0 Å². The van der Waals surface area contributed by atoms with Crippen LogP contribution in [0.4, 0.5) is 4.39 Å². The predicted molar refractivity (Wildman–Crippen MR) is 76.5 cm³/mol. The lowest BCUT2D eigenvalue weighted by molar-refractivity contribution is 0.243. The summed E-state index contributed by atoms with van der Waals surface area (Å²) in [5.41, 5.74) is 2.03. The van der Waals surface area contributed by atoms with Gasteiger partial charge in [0.05, 0.1) is 4.47 Å². The van der Waals surface area contributed by atoms with Crippen LogP contribution in [-0.4, -0.2) is 37.6 Å². The molecule has 1 heterocycles. The highest BCUT2D eigenvalue weighted by atomic mass is 79.9. The predicted octanol–water partition coefficient (Wildman–Crippen LogP) is 2.60. The number of hydrogen-bond donors (Lipinski definition) is 1. The molecule has 0 unspecified atom stereocenters. The first-order valence-electron chi connectivity index (χ1n) is 6.60. The molecule has 1 N–H and O–H groups in total. The van der Waals surface area contributed by atoms with E-state index in [0.29, 0.717) is 4.47 Å². The Kier molecular flexibility index (Phi) is 5.15. The van der Waals surface area contributed by atoms with Crippen LogP contribution in [0.5, 0.6) is 0 Å². The Morgan fingerprint density at radius 2 is 2.06 bits per heavy atom. The first-order chi connectivity index (χ1) is 8.70. The summed E-state index contributed by atoms with van der Waals surface area (Å²) >= 11 is 3.31. The molecule has 0 radical (unpaired) electrons. The van der Waals surface area contributed by atoms with Gasteiger partial charge in [0.1, 0.15) is 5.82 Å². The summed E-state index contributed by atoms with van der Waals surface area (Å²) in [5.74, 6) is -0.0951. The molecule has 0 spiro atoms. The van der Waals surface area contributed by atoms with Crippen LogP contribution in [0.15, 0.2) is 16.6 Å². The molecule has 0 amide bonds. The third-order valence-electron chi connectivity index (χ3n) is 3.48. The van der Waals surface area contributed by atoms with Gasteiger partial charge in [-0.25, -0.2) is 4.39 Å². The highest BCUT2D eigenvalue weighted by Gasteiger charge is 2.12. The normalized spacial score (nSPS) is 17.1. The largest absolute Gasteiger partial charge is 0.314 e. The SMILES string of the molecule is CCc1cc(Br)c(F)c(CCN2CCNCC2)c1. The van der Waals surface area contributed by atoms with Crippen LogP contribution in [-0.2, 0) is 12.8 Å². The summed E-state index contributed by atoms with van der Waals surface area (Å²) < 4.78 is 14.6. The molecular formula is C14H20BrFN2. The molecule has 0 atom stereocenters. The second kappa shape index (κ2) is 6.64. The third-order valence-corrected chi connectivity index (χ3v) is 4.06. The standard InChI is InChI=1S/C14H20BrFN2/c1-2-11-9-12(14(16)13(15)10-11)3-6-18-7-4-17-5-8-18/h9-10,17H,2-8H2,1H3. The molecule has 4 heteroatoms. The number of benzene rings is 1. The summed E-state index contributed by atoms with van der Waals surface area (Å²) in [4.78, 5) is 2.39. The van der Waals surface area contributed by atoms with Crippen molar-refractivity contribution in [1.29, 1.82) is 0 Å². The maximum Gasteiger partial charge on any atom is 0.140 e. The molecule has 0 bridgehead atoms. The topological polar surface area (TPSA) is 15.3 Å². The summed E-state index contributed by atoms with van der Waals surface area (Å²) in [6, 6.07) is 3.88. The Hall–Kier alpha value is -0.450. The number of hydrogen-bond acceptors (Lipinski definition) is 2. The highest BCUT2D eigenvalue weighted by Crippen LogP contribution is 2.22. The molecular weight excluding hydrogens is 295 g/mol. The average Bonchev–Trinajstić information content (AvgIpc) is 2.41. The van der Waals surface area contributed by atoms with E-state index in [9.17, 15) is 4.39 Å². The molecule has 2 rings (SSSR count). The highest BCUT2D eigenvalue weighted by molar-refractivity contribution is 9.10. The third kappa shape index (κ3) is 3.53. The first kappa shape index (κ1) is 14.0. The van der Waals surface area contributed by atoms with E-state index in [0.717, 1.165) is 51.1 Å². The number of nitrogens with one attached hydrogen (secondary N) is 1. The molecule has 0 aromatic heterocycles. The van der Waals surface area contributed by atoms with Crippen LogP contribution in [0.1, 0.15) is 18.1 Å². The molecule has 1 aliphatic rings. The van der Waals surface area contributed by atoms with Crippen LogP contribution < -0.4 is 5.32 Å². The van der Waals surface area contributed by atoms with Gasteiger partial charge in [0, 0.05) is 32.7 Å². The molecule has 100 valence electrons. The zero-order valence-corrected chi connectivity index (χ0v) is 12.4. The zero-order valence-electron chi connectivity index (χ0n) is 10.8. The lowest BCUT2D eigenvalue weighted by Gasteiger charge is -2.27. The molecule has 1 aliphatic heterocycles. The van der Waals surface area contributed by atoms with Gasteiger partial charge in [-0.2, -0.15) is 0 Å². The molecule has 0 saturated carbocycles. The molecule has 2 nitrogen and oxygen atoms in total. The van der Waals surface area contributed by atoms with Crippen molar-refractivity contribution < 1.29 is 4.39 Å². The van der Waals surface area contributed by atoms with E-state index in [4.69, 9.17) is 0 Å². The lowest BCUT2D eigenvalue weighted by atomic mass is 10.1. The van der Waals surface area contributed by atoms with Gasteiger partial charge in [-0.05, 0) is 46.0 Å². The Bertz CT molecular complexity index is 403. The van der Waals surface area contributed by atoms with E-state index < -0.39 is 0 Å². The van der Waals surface area contributed by atoms with Crippen LogP contribution >= 0.6 is 15.9 Å². The van der Waals surface area contributed by atoms with Crippen LogP contribution in [0.3, 0.4) is 0 Å². The summed E-state index contributed by atoms with van der Waals surface area (Å²) in [6.07, 6.45) is 1.73. The van der Waals surface area contributed by atoms with Gasteiger partial charge in [-0.15, -0.1) is 0 Å². The van der Waals surface area contributed by atoms with Crippen molar-refractivity contribution >= 4 is 15.9 Å². The van der Waals surface area contributed by atoms with Crippen molar-refractivity contribution in [3.8, 4) is 0 Å². The quantitative estimate of drug-likeness (QED) is 0.919. The Morgan fingerprint density at radius 3 is 2.72 bits per heavy atom. The van der Waals surface area contributed by atoms with E-state index in [1.165, 1.54) is 5.56 Å². The number of aryl methyl sites for hydroxylation is 1.